The number of allylic oxidation sites excluding steroid dienone is 1. The maximum absolute atomic E-state index is 6.83. The summed E-state index contributed by atoms with van der Waals surface area (Å²) in [7, 11) is 0. The number of aromatic nitrogens is 3. The lowest BCUT2D eigenvalue weighted by Crippen LogP contribution is -2.08. The molecule has 5 nitrogen and oxygen atoms in total. The average molecular weight is 670 g/mol. The summed E-state index contributed by atoms with van der Waals surface area (Å²) in [6.45, 7) is 2.31. The van der Waals surface area contributed by atoms with Gasteiger partial charge in [-0.15, -0.1) is 0 Å². The number of benzene rings is 6. The molecule has 0 saturated heterocycles. The number of hydrogen-bond acceptors (Lipinski definition) is 4. The molecule has 0 aliphatic heterocycles. The first kappa shape index (κ1) is 29.1. The molecule has 5 heteroatoms. The Morgan fingerprint density at radius 1 is 0.577 bits per heavy atom. The van der Waals surface area contributed by atoms with Crippen molar-refractivity contribution < 1.29 is 8.83 Å². The highest BCUT2D eigenvalue weighted by Gasteiger charge is 2.30. The van der Waals surface area contributed by atoms with E-state index in [1.165, 1.54) is 5.56 Å². The lowest BCUT2D eigenvalue weighted by Gasteiger charge is -2.17. The second-order valence-electron chi connectivity index (χ2n) is 13.8. The molecule has 4 aromatic heterocycles. The smallest absolute Gasteiger partial charge is 0.235 e. The van der Waals surface area contributed by atoms with Crippen LogP contribution in [-0.2, 0) is 0 Å². The quantitative estimate of drug-likeness (QED) is 0.187. The van der Waals surface area contributed by atoms with Gasteiger partial charge in [-0.3, -0.25) is 4.57 Å². The summed E-state index contributed by atoms with van der Waals surface area (Å²) < 4.78 is 15.4. The fraction of sp³-hybridized carbons (Fsp3) is 0.0638. The summed E-state index contributed by atoms with van der Waals surface area (Å²) in [5.74, 6) is 0.873. The Balaban J connectivity index is 1.31. The molecule has 10 aromatic rings. The highest BCUT2D eigenvalue weighted by atomic mass is 16.3. The van der Waals surface area contributed by atoms with Gasteiger partial charge in [0.25, 0.3) is 0 Å². The predicted octanol–water partition coefficient (Wildman–Crippen LogP) is 12.7. The van der Waals surface area contributed by atoms with Crippen molar-refractivity contribution in [3.05, 3.63) is 157 Å². The predicted molar refractivity (Wildman–Crippen MR) is 212 cm³/mol. The summed E-state index contributed by atoms with van der Waals surface area (Å²) in [6.07, 6.45) is 5.47. The van der Waals surface area contributed by atoms with Crippen LogP contribution in [0.4, 0.5) is 0 Å². The summed E-state index contributed by atoms with van der Waals surface area (Å²) in [5, 5.41) is 5.50. The van der Waals surface area contributed by atoms with Crippen LogP contribution >= 0.6 is 0 Å². The lowest BCUT2D eigenvalue weighted by atomic mass is 9.89. The van der Waals surface area contributed by atoms with Crippen molar-refractivity contribution in [1.82, 2.24) is 14.5 Å². The summed E-state index contributed by atoms with van der Waals surface area (Å²) in [4.78, 5) is 10.7. The number of furan rings is 2. The number of rotatable bonds is 4. The molecule has 0 saturated carbocycles. The third-order valence-corrected chi connectivity index (χ3v) is 10.7. The van der Waals surface area contributed by atoms with Crippen LogP contribution in [0.1, 0.15) is 30.5 Å². The van der Waals surface area contributed by atoms with Crippen molar-refractivity contribution in [3.63, 3.8) is 0 Å². The van der Waals surface area contributed by atoms with Gasteiger partial charge in [0, 0.05) is 43.6 Å². The molecule has 1 atom stereocenters. The maximum Gasteiger partial charge on any atom is 0.235 e. The molecule has 246 valence electrons. The van der Waals surface area contributed by atoms with E-state index in [2.05, 4.69) is 133 Å². The van der Waals surface area contributed by atoms with Gasteiger partial charge in [-0.1, -0.05) is 116 Å². The van der Waals surface area contributed by atoms with E-state index in [9.17, 15) is 0 Å². The van der Waals surface area contributed by atoms with Gasteiger partial charge in [-0.2, -0.15) is 0 Å². The van der Waals surface area contributed by atoms with E-state index in [0.29, 0.717) is 5.95 Å². The van der Waals surface area contributed by atoms with Crippen LogP contribution in [0.2, 0.25) is 0 Å². The van der Waals surface area contributed by atoms with Crippen molar-refractivity contribution in [2.75, 3.05) is 0 Å². The molecule has 0 radical (unpaired) electrons. The molecule has 0 N–H and O–H groups in total. The molecule has 0 spiro atoms. The highest BCUT2D eigenvalue weighted by molar-refractivity contribution is 6.21. The maximum atomic E-state index is 6.83. The third-order valence-electron chi connectivity index (χ3n) is 10.7. The molecule has 1 unspecified atom stereocenters. The first-order valence-electron chi connectivity index (χ1n) is 17.8. The van der Waals surface area contributed by atoms with Gasteiger partial charge in [0.2, 0.25) is 5.95 Å². The van der Waals surface area contributed by atoms with E-state index in [-0.39, 0.29) is 5.92 Å². The van der Waals surface area contributed by atoms with E-state index < -0.39 is 0 Å². The Hall–Kier alpha value is -6.72. The minimum absolute atomic E-state index is 0.251. The zero-order chi connectivity index (χ0) is 34.3. The molecular weight excluding hydrogens is 639 g/mol. The standard InChI is InChI=1S/C47H31N3O2/c1-28-13-12-20-39-43(28)44-45(50(39)47-48-37(29-14-4-2-5-15-29)27-38(49-47)30-16-6-3-7-17-30)34(26-36-33-19-9-11-22-41(33)52-46(36)44)31-23-24-42-35(25-31)32-18-8-10-21-40(32)51-42/h2-12,14-28H,13H2,1H3. The number of nitrogens with zero attached hydrogens (tertiary/aromatic N) is 3. The lowest BCUT2D eigenvalue weighted by molar-refractivity contribution is 0.669. The first-order chi connectivity index (χ1) is 25.7. The van der Waals surface area contributed by atoms with Crippen LogP contribution in [0, 0.1) is 0 Å². The normalized spacial score (nSPS) is 14.3. The molecule has 0 bridgehead atoms. The Morgan fingerprint density at radius 2 is 1.19 bits per heavy atom. The molecule has 0 fully saturated rings. The van der Waals surface area contributed by atoms with E-state index in [1.54, 1.807) is 0 Å². The van der Waals surface area contributed by atoms with Crippen molar-refractivity contribution in [2.45, 2.75) is 19.3 Å². The van der Waals surface area contributed by atoms with E-state index in [4.69, 9.17) is 18.8 Å². The van der Waals surface area contributed by atoms with Gasteiger partial charge in [0.1, 0.15) is 22.3 Å². The largest absolute Gasteiger partial charge is 0.456 e. The van der Waals surface area contributed by atoms with Gasteiger partial charge >= 0.3 is 0 Å². The average Bonchev–Trinajstić information content (AvgIpc) is 3.88. The molecule has 1 aliphatic rings. The minimum Gasteiger partial charge on any atom is -0.456 e. The first-order valence-corrected chi connectivity index (χ1v) is 17.8. The summed E-state index contributed by atoms with van der Waals surface area (Å²) in [6, 6.07) is 48.3. The fourth-order valence-electron chi connectivity index (χ4n) is 8.23. The Bertz CT molecular complexity index is 3000. The number of fused-ring (bicyclic) bond motifs is 10. The molecular formula is C47H31N3O2. The molecule has 1 aliphatic carbocycles. The zero-order valence-corrected chi connectivity index (χ0v) is 28.4. The number of hydrogen-bond donors (Lipinski definition) is 0. The minimum atomic E-state index is 0.251. The van der Waals surface area contributed by atoms with Gasteiger partial charge in [0.05, 0.1) is 22.6 Å². The third kappa shape index (κ3) is 4.29. The van der Waals surface area contributed by atoms with Crippen LogP contribution in [-0.4, -0.2) is 14.5 Å². The van der Waals surface area contributed by atoms with Crippen molar-refractivity contribution in [1.29, 1.82) is 0 Å². The van der Waals surface area contributed by atoms with E-state index in [0.717, 1.165) is 101 Å². The van der Waals surface area contributed by atoms with Gasteiger partial charge in [0.15, 0.2) is 0 Å². The van der Waals surface area contributed by atoms with Crippen LogP contribution in [0.25, 0.3) is 100 Å². The molecule has 4 heterocycles. The second kappa shape index (κ2) is 11.1. The highest BCUT2D eigenvalue weighted by Crippen LogP contribution is 2.48. The van der Waals surface area contributed by atoms with Crippen molar-refractivity contribution in [3.8, 4) is 39.6 Å². The van der Waals surface area contributed by atoms with Gasteiger partial charge < -0.3 is 8.83 Å². The molecule has 52 heavy (non-hydrogen) atoms. The Kier molecular flexibility index (Phi) is 6.23. The van der Waals surface area contributed by atoms with Crippen LogP contribution in [0.3, 0.4) is 0 Å². The van der Waals surface area contributed by atoms with Crippen molar-refractivity contribution >= 4 is 60.9 Å². The van der Waals surface area contributed by atoms with Crippen LogP contribution < -0.4 is 0 Å². The van der Waals surface area contributed by atoms with Crippen molar-refractivity contribution in [2.24, 2.45) is 0 Å². The summed E-state index contributed by atoms with van der Waals surface area (Å²) in [5.41, 5.74) is 12.9. The Morgan fingerprint density at radius 3 is 1.90 bits per heavy atom. The fourth-order valence-corrected chi connectivity index (χ4v) is 8.23. The topological polar surface area (TPSA) is 57.0 Å². The molecule has 6 aromatic carbocycles. The molecule has 11 rings (SSSR count). The second-order valence-corrected chi connectivity index (χ2v) is 13.8. The van der Waals surface area contributed by atoms with Gasteiger partial charge in [-0.25, -0.2) is 9.97 Å². The monoisotopic (exact) mass is 669 g/mol. The van der Waals surface area contributed by atoms with Crippen LogP contribution in [0.15, 0.2) is 154 Å². The van der Waals surface area contributed by atoms with Crippen LogP contribution in [0.5, 0.6) is 0 Å². The van der Waals surface area contributed by atoms with E-state index >= 15 is 0 Å². The SMILES string of the molecule is CC1CC=Cc2c1c1c3oc4ccccc4c3cc(-c3ccc4oc5ccccc5c4c3)c1n2-c1nc(-c2ccccc2)cc(-c2ccccc2)n1. The van der Waals surface area contributed by atoms with E-state index in [1.807, 2.05) is 30.3 Å². The zero-order valence-electron chi connectivity index (χ0n) is 28.4. The summed E-state index contributed by atoms with van der Waals surface area (Å²) >= 11 is 0. The molecule has 0 amide bonds. The Labute approximate surface area is 299 Å². The van der Waals surface area contributed by atoms with Gasteiger partial charge in [-0.05, 0) is 65.9 Å². The number of para-hydroxylation sites is 2.